The summed E-state index contributed by atoms with van der Waals surface area (Å²) in [6.07, 6.45) is 5.22. The zero-order chi connectivity index (χ0) is 22.3. The van der Waals surface area contributed by atoms with Crippen LogP contribution in [0.1, 0.15) is 50.9 Å². The van der Waals surface area contributed by atoms with Gasteiger partial charge in [0, 0.05) is 18.5 Å². The number of aryl methyl sites for hydroxylation is 2. The molecule has 166 valence electrons. The summed E-state index contributed by atoms with van der Waals surface area (Å²) in [6, 6.07) is 16.3. The van der Waals surface area contributed by atoms with Gasteiger partial charge in [0.25, 0.3) is 0 Å². The molecule has 0 radical (unpaired) electrons. The van der Waals surface area contributed by atoms with Crippen LogP contribution in [0.3, 0.4) is 0 Å². The fourth-order valence-electron chi connectivity index (χ4n) is 3.93. The van der Waals surface area contributed by atoms with Crippen LogP contribution in [0.2, 0.25) is 0 Å². The van der Waals surface area contributed by atoms with E-state index in [1.54, 1.807) is 9.25 Å². The lowest BCUT2D eigenvalue weighted by atomic mass is 9.98. The maximum absolute atomic E-state index is 12.9. The molecule has 2 aromatic carbocycles. The molecule has 2 heterocycles. The molecule has 0 saturated carbocycles. The van der Waals surface area contributed by atoms with Gasteiger partial charge in [0.1, 0.15) is 5.82 Å². The Morgan fingerprint density at radius 1 is 0.938 bits per heavy atom. The molecule has 0 amide bonds. The molecule has 32 heavy (non-hydrogen) atoms. The molecule has 0 aliphatic rings. The number of hydrogen-bond acceptors (Lipinski definition) is 5. The van der Waals surface area contributed by atoms with Crippen molar-refractivity contribution in [2.75, 3.05) is 0 Å². The van der Waals surface area contributed by atoms with Gasteiger partial charge in [0.15, 0.2) is 5.82 Å². The van der Waals surface area contributed by atoms with Gasteiger partial charge in [-0.05, 0) is 33.5 Å². The highest BCUT2D eigenvalue weighted by Crippen LogP contribution is 2.29. The Morgan fingerprint density at radius 3 is 2.41 bits per heavy atom. The highest BCUT2D eigenvalue weighted by Gasteiger charge is 2.13. The van der Waals surface area contributed by atoms with E-state index in [9.17, 15) is 4.79 Å². The minimum atomic E-state index is -0.0226. The first-order valence-electron chi connectivity index (χ1n) is 11.3. The van der Waals surface area contributed by atoms with Gasteiger partial charge in [0.05, 0.1) is 6.54 Å². The van der Waals surface area contributed by atoms with Crippen LogP contribution in [0.25, 0.3) is 22.5 Å². The van der Waals surface area contributed by atoms with Gasteiger partial charge in [0.2, 0.25) is 0 Å². The molecule has 4 aromatic rings. The maximum Gasteiger partial charge on any atom is 0.346 e. The molecule has 0 unspecified atom stereocenters. The van der Waals surface area contributed by atoms with E-state index >= 15 is 0 Å². The molecule has 0 aliphatic heterocycles. The minimum Gasteiger partial charge on any atom is -0.274 e. The van der Waals surface area contributed by atoms with Gasteiger partial charge in [-0.25, -0.2) is 14.6 Å². The van der Waals surface area contributed by atoms with Crippen molar-refractivity contribution in [2.24, 2.45) is 0 Å². The van der Waals surface area contributed by atoms with E-state index in [1.807, 2.05) is 25.1 Å². The Balaban J connectivity index is 1.54. The van der Waals surface area contributed by atoms with E-state index < -0.39 is 0 Å². The van der Waals surface area contributed by atoms with E-state index in [4.69, 9.17) is 0 Å². The summed E-state index contributed by atoms with van der Waals surface area (Å²) in [7, 11) is 0. The summed E-state index contributed by atoms with van der Waals surface area (Å²) in [4.78, 5) is 12.9. The summed E-state index contributed by atoms with van der Waals surface area (Å²) >= 11 is 0. The highest BCUT2D eigenvalue weighted by molar-refractivity contribution is 5.80. The molecule has 0 bridgehead atoms. The lowest BCUT2D eigenvalue weighted by Crippen LogP contribution is -2.26. The molecule has 0 aliphatic carbocycles. The Hall–Kier alpha value is -3.55. The predicted octanol–water partition coefficient (Wildman–Crippen LogP) is 4.08. The standard InChI is InChI=1S/C24H29N7O/c1-3-5-6-9-16-31-24(32)30(22(4-2)27-31)17-18-12-14-19(15-13-18)20-10-7-8-11-21(20)23-25-28-29-26-23/h7-8,10-15H,3-6,9,16-17H2,1-2H3,(H,25,26,28,29). The quantitative estimate of drug-likeness (QED) is 0.382. The molecule has 1 N–H and O–H groups in total. The van der Waals surface area contributed by atoms with Crippen LogP contribution in [0.5, 0.6) is 0 Å². The molecular weight excluding hydrogens is 402 g/mol. The maximum atomic E-state index is 12.9. The van der Waals surface area contributed by atoms with Crippen molar-refractivity contribution >= 4 is 0 Å². The summed E-state index contributed by atoms with van der Waals surface area (Å²) in [5, 5.41) is 18.8. The van der Waals surface area contributed by atoms with Crippen molar-refractivity contribution < 1.29 is 0 Å². The molecule has 2 aromatic heterocycles. The second-order valence-electron chi connectivity index (χ2n) is 7.91. The fraction of sp³-hybridized carbons (Fsp3) is 0.375. The number of aromatic nitrogens is 7. The summed E-state index contributed by atoms with van der Waals surface area (Å²) in [6.45, 7) is 5.43. The number of benzene rings is 2. The van der Waals surface area contributed by atoms with Crippen molar-refractivity contribution in [3.8, 4) is 22.5 Å². The van der Waals surface area contributed by atoms with E-state index in [2.05, 4.69) is 63.0 Å². The van der Waals surface area contributed by atoms with Crippen LogP contribution in [0.15, 0.2) is 53.3 Å². The topological polar surface area (TPSA) is 94.3 Å². The van der Waals surface area contributed by atoms with Gasteiger partial charge in [-0.2, -0.15) is 5.10 Å². The number of nitrogens with zero attached hydrogens (tertiary/aromatic N) is 6. The van der Waals surface area contributed by atoms with E-state index in [0.717, 1.165) is 47.3 Å². The zero-order valence-electron chi connectivity index (χ0n) is 18.7. The van der Waals surface area contributed by atoms with Gasteiger partial charge in [-0.15, -0.1) is 5.10 Å². The summed E-state index contributed by atoms with van der Waals surface area (Å²) in [5.74, 6) is 1.47. The third kappa shape index (κ3) is 4.69. The smallest absolute Gasteiger partial charge is 0.274 e. The van der Waals surface area contributed by atoms with Gasteiger partial charge >= 0.3 is 5.69 Å². The first-order chi connectivity index (χ1) is 15.7. The number of aromatic amines is 1. The average molecular weight is 432 g/mol. The third-order valence-electron chi connectivity index (χ3n) is 5.67. The second-order valence-corrected chi connectivity index (χ2v) is 7.91. The van der Waals surface area contributed by atoms with Crippen LogP contribution in [0.4, 0.5) is 0 Å². The van der Waals surface area contributed by atoms with Crippen LogP contribution < -0.4 is 5.69 Å². The lowest BCUT2D eigenvalue weighted by Gasteiger charge is -2.09. The number of H-pyrrole nitrogens is 1. The molecular formula is C24H29N7O. The second kappa shape index (κ2) is 10.2. The Morgan fingerprint density at radius 2 is 1.72 bits per heavy atom. The Kier molecular flexibility index (Phi) is 6.89. The first-order valence-corrected chi connectivity index (χ1v) is 11.3. The Labute approximate surface area is 187 Å². The van der Waals surface area contributed by atoms with Gasteiger partial charge in [-0.3, -0.25) is 4.57 Å². The van der Waals surface area contributed by atoms with Crippen molar-refractivity contribution in [3.05, 3.63) is 70.4 Å². The molecule has 4 rings (SSSR count). The van der Waals surface area contributed by atoms with Gasteiger partial charge < -0.3 is 0 Å². The summed E-state index contributed by atoms with van der Waals surface area (Å²) < 4.78 is 3.42. The largest absolute Gasteiger partial charge is 0.346 e. The van der Waals surface area contributed by atoms with E-state index in [1.165, 1.54) is 12.8 Å². The van der Waals surface area contributed by atoms with Gasteiger partial charge in [-0.1, -0.05) is 81.6 Å². The van der Waals surface area contributed by atoms with Crippen molar-refractivity contribution in [1.82, 2.24) is 35.0 Å². The van der Waals surface area contributed by atoms with E-state index in [-0.39, 0.29) is 5.69 Å². The number of nitrogens with one attached hydrogen (secondary N) is 1. The van der Waals surface area contributed by atoms with Crippen LogP contribution in [-0.4, -0.2) is 35.0 Å². The van der Waals surface area contributed by atoms with Crippen LogP contribution >= 0.6 is 0 Å². The van der Waals surface area contributed by atoms with Crippen molar-refractivity contribution in [2.45, 2.75) is 59.0 Å². The average Bonchev–Trinajstić information content (AvgIpc) is 3.47. The lowest BCUT2D eigenvalue weighted by molar-refractivity contribution is 0.521. The fourth-order valence-corrected chi connectivity index (χ4v) is 3.93. The molecule has 8 nitrogen and oxygen atoms in total. The van der Waals surface area contributed by atoms with E-state index in [0.29, 0.717) is 18.9 Å². The van der Waals surface area contributed by atoms with Crippen LogP contribution in [-0.2, 0) is 19.5 Å². The first kappa shape index (κ1) is 21.7. The summed E-state index contributed by atoms with van der Waals surface area (Å²) in [5.41, 5.74) is 4.10. The highest BCUT2D eigenvalue weighted by atomic mass is 16.2. The number of tetrazole rings is 1. The molecule has 0 atom stereocenters. The van der Waals surface area contributed by atoms with Crippen LogP contribution in [0, 0.1) is 0 Å². The van der Waals surface area contributed by atoms with Crippen molar-refractivity contribution in [3.63, 3.8) is 0 Å². The third-order valence-corrected chi connectivity index (χ3v) is 5.67. The normalized spacial score (nSPS) is 11.2. The number of rotatable bonds is 10. The molecule has 0 saturated heterocycles. The predicted molar refractivity (Wildman–Crippen MR) is 124 cm³/mol. The molecule has 0 spiro atoms. The van der Waals surface area contributed by atoms with Crippen molar-refractivity contribution in [1.29, 1.82) is 0 Å². The SMILES string of the molecule is CCCCCCn1nc(CC)n(Cc2ccc(-c3ccccc3-c3nnn[nH]3)cc2)c1=O. The molecule has 8 heteroatoms. The molecule has 0 fully saturated rings. The zero-order valence-corrected chi connectivity index (χ0v) is 18.7. The number of unbranched alkanes of at least 4 members (excludes halogenated alkanes) is 3. The number of hydrogen-bond donors (Lipinski definition) is 1. The monoisotopic (exact) mass is 431 g/mol. The minimum absolute atomic E-state index is 0.0226. The Bertz CT molecular complexity index is 1190.